The normalized spacial score (nSPS) is 11.1. The van der Waals surface area contributed by atoms with Crippen LogP contribution in [0.4, 0.5) is 0 Å². The fourth-order valence-corrected chi connectivity index (χ4v) is 7.47. The number of benzene rings is 4. The number of Topliss-reactive ketones (excluding diaryl/α,β-unsaturated/α-hetero) is 1. The molecule has 0 radical (unpaired) electrons. The number of carbonyl (C=O) groups is 1. The quantitative estimate of drug-likeness (QED) is 0.281. The van der Waals surface area contributed by atoms with E-state index in [0.29, 0.717) is 11.3 Å². The first-order valence-corrected chi connectivity index (χ1v) is 11.6. The molecular formula is C26H22O2Si. The predicted molar refractivity (Wildman–Crippen MR) is 121 cm³/mol. The summed E-state index contributed by atoms with van der Waals surface area (Å²) in [5.41, 5.74) is 0.652. The topological polar surface area (TPSA) is 26.3 Å². The van der Waals surface area contributed by atoms with Gasteiger partial charge in [0.15, 0.2) is 5.78 Å². The Morgan fingerprint density at radius 3 is 1.48 bits per heavy atom. The SMILES string of the molecule is CC(=O)c1cccc(O[Si](c2ccccc2)(c2ccccc2)c2ccccc2)c1. The Kier molecular flexibility index (Phi) is 5.41. The van der Waals surface area contributed by atoms with Crippen molar-refractivity contribution in [3.05, 3.63) is 121 Å². The average molecular weight is 395 g/mol. The molecule has 0 saturated carbocycles. The van der Waals surface area contributed by atoms with Crippen LogP contribution >= 0.6 is 0 Å². The Morgan fingerprint density at radius 2 is 1.07 bits per heavy atom. The van der Waals surface area contributed by atoms with E-state index in [4.69, 9.17) is 4.43 Å². The zero-order valence-electron chi connectivity index (χ0n) is 16.3. The van der Waals surface area contributed by atoms with Crippen molar-refractivity contribution in [2.75, 3.05) is 0 Å². The largest absolute Gasteiger partial charge is 0.530 e. The van der Waals surface area contributed by atoms with Crippen LogP contribution in [0.15, 0.2) is 115 Å². The van der Waals surface area contributed by atoms with Crippen LogP contribution in [0.1, 0.15) is 17.3 Å². The summed E-state index contributed by atoms with van der Waals surface area (Å²) in [6.45, 7) is 1.58. The Bertz CT molecular complexity index is 996. The van der Waals surface area contributed by atoms with E-state index in [1.165, 1.54) is 0 Å². The molecule has 29 heavy (non-hydrogen) atoms. The first kappa shape index (κ1) is 18.9. The predicted octanol–water partition coefficient (Wildman–Crippen LogP) is 3.94. The minimum atomic E-state index is -2.83. The maximum Gasteiger partial charge on any atom is 0.346 e. The molecule has 0 aliphatic carbocycles. The van der Waals surface area contributed by atoms with Crippen LogP contribution < -0.4 is 20.0 Å². The van der Waals surface area contributed by atoms with Crippen molar-refractivity contribution in [2.24, 2.45) is 0 Å². The molecular weight excluding hydrogens is 372 g/mol. The third kappa shape index (κ3) is 3.78. The molecule has 0 bridgehead atoms. The molecule has 0 saturated heterocycles. The monoisotopic (exact) mass is 394 g/mol. The first-order chi connectivity index (χ1) is 14.2. The number of hydrogen-bond donors (Lipinski definition) is 0. The summed E-state index contributed by atoms with van der Waals surface area (Å²) in [6.07, 6.45) is 0. The van der Waals surface area contributed by atoms with E-state index in [-0.39, 0.29) is 5.78 Å². The highest BCUT2D eigenvalue weighted by Crippen LogP contribution is 2.19. The first-order valence-electron chi connectivity index (χ1n) is 9.67. The zero-order valence-corrected chi connectivity index (χ0v) is 17.3. The van der Waals surface area contributed by atoms with Gasteiger partial charge >= 0.3 is 8.32 Å². The summed E-state index contributed by atoms with van der Waals surface area (Å²) in [5, 5.41) is 3.47. The molecule has 0 N–H and O–H groups in total. The number of ketones is 1. The molecule has 0 fully saturated rings. The summed E-state index contributed by atoms with van der Waals surface area (Å²) >= 11 is 0. The van der Waals surface area contributed by atoms with Crippen molar-refractivity contribution in [1.82, 2.24) is 0 Å². The molecule has 4 aromatic carbocycles. The van der Waals surface area contributed by atoms with Gasteiger partial charge in [-0.1, -0.05) is 103 Å². The second kappa shape index (κ2) is 8.29. The average Bonchev–Trinajstić information content (AvgIpc) is 2.79. The lowest BCUT2D eigenvalue weighted by atomic mass is 10.1. The van der Waals surface area contributed by atoms with Crippen molar-refractivity contribution in [3.8, 4) is 5.75 Å². The Balaban J connectivity index is 1.98. The lowest BCUT2D eigenvalue weighted by Gasteiger charge is -2.33. The van der Waals surface area contributed by atoms with Gasteiger partial charge in [-0.25, -0.2) is 0 Å². The highest BCUT2D eigenvalue weighted by atomic mass is 28.4. The van der Waals surface area contributed by atoms with E-state index in [2.05, 4.69) is 72.8 Å². The van der Waals surface area contributed by atoms with Crippen LogP contribution in [-0.2, 0) is 0 Å². The standard InChI is InChI=1S/C26H22O2Si/c1-21(27)22-12-11-13-23(20-22)28-29(24-14-5-2-6-15-24,25-16-7-3-8-17-25)26-18-9-4-10-19-26/h2-20H,1H3. The number of rotatable bonds is 6. The fourth-order valence-electron chi connectivity index (χ4n) is 3.65. The minimum Gasteiger partial charge on any atom is -0.530 e. The summed E-state index contributed by atoms with van der Waals surface area (Å²) < 4.78 is 6.94. The molecule has 0 heterocycles. The van der Waals surface area contributed by atoms with E-state index in [1.54, 1.807) is 6.92 Å². The van der Waals surface area contributed by atoms with Gasteiger partial charge in [-0.2, -0.15) is 0 Å². The summed E-state index contributed by atoms with van der Waals surface area (Å²) in [6, 6.07) is 38.7. The molecule has 0 aliphatic rings. The molecule has 3 heteroatoms. The van der Waals surface area contributed by atoms with Crippen LogP contribution in [0.2, 0.25) is 0 Å². The number of hydrogen-bond acceptors (Lipinski definition) is 2. The zero-order chi connectivity index (χ0) is 20.1. The van der Waals surface area contributed by atoms with Gasteiger partial charge in [0, 0.05) is 5.56 Å². The molecule has 4 aromatic rings. The van der Waals surface area contributed by atoms with E-state index in [9.17, 15) is 4.79 Å². The van der Waals surface area contributed by atoms with E-state index < -0.39 is 8.32 Å². The van der Waals surface area contributed by atoms with Crippen molar-refractivity contribution in [3.63, 3.8) is 0 Å². The van der Waals surface area contributed by atoms with Gasteiger partial charge in [0.1, 0.15) is 5.75 Å². The Labute approximate surface area is 172 Å². The maximum atomic E-state index is 11.9. The fraction of sp³-hybridized carbons (Fsp3) is 0.0385. The molecule has 4 rings (SSSR count). The molecule has 2 nitrogen and oxygen atoms in total. The van der Waals surface area contributed by atoms with Crippen LogP contribution in [-0.4, -0.2) is 14.1 Å². The van der Waals surface area contributed by atoms with Crippen LogP contribution in [0.5, 0.6) is 5.75 Å². The lowest BCUT2D eigenvalue weighted by Crippen LogP contribution is -2.71. The van der Waals surface area contributed by atoms with Gasteiger partial charge in [-0.05, 0) is 34.6 Å². The van der Waals surface area contributed by atoms with E-state index in [1.807, 2.05) is 42.5 Å². The summed E-state index contributed by atoms with van der Waals surface area (Å²) in [4.78, 5) is 11.9. The van der Waals surface area contributed by atoms with Crippen LogP contribution in [0, 0.1) is 0 Å². The Hall–Kier alpha value is -3.43. The van der Waals surface area contributed by atoms with Crippen molar-refractivity contribution < 1.29 is 9.22 Å². The van der Waals surface area contributed by atoms with E-state index in [0.717, 1.165) is 15.6 Å². The molecule has 0 spiro atoms. The summed E-state index contributed by atoms with van der Waals surface area (Å²) in [7, 11) is -2.83. The van der Waals surface area contributed by atoms with Crippen molar-refractivity contribution in [2.45, 2.75) is 6.92 Å². The third-order valence-electron chi connectivity index (χ3n) is 5.05. The second-order valence-electron chi connectivity index (χ2n) is 6.97. The van der Waals surface area contributed by atoms with Gasteiger partial charge in [0.25, 0.3) is 0 Å². The molecule has 0 atom stereocenters. The molecule has 0 aromatic heterocycles. The van der Waals surface area contributed by atoms with Gasteiger partial charge in [-0.3, -0.25) is 4.79 Å². The van der Waals surface area contributed by atoms with Crippen molar-refractivity contribution in [1.29, 1.82) is 0 Å². The highest BCUT2D eigenvalue weighted by molar-refractivity contribution is 7.07. The van der Waals surface area contributed by atoms with Gasteiger partial charge < -0.3 is 4.43 Å². The molecule has 0 unspecified atom stereocenters. The van der Waals surface area contributed by atoms with Gasteiger partial charge in [-0.15, -0.1) is 0 Å². The second-order valence-corrected chi connectivity index (χ2v) is 10.3. The van der Waals surface area contributed by atoms with Crippen LogP contribution in [0.3, 0.4) is 0 Å². The molecule has 142 valence electrons. The number of carbonyl (C=O) groups excluding carboxylic acids is 1. The Morgan fingerprint density at radius 1 is 0.621 bits per heavy atom. The highest BCUT2D eigenvalue weighted by Gasteiger charge is 2.43. The van der Waals surface area contributed by atoms with Gasteiger partial charge in [0.05, 0.1) is 0 Å². The smallest absolute Gasteiger partial charge is 0.346 e. The maximum absolute atomic E-state index is 11.9. The van der Waals surface area contributed by atoms with E-state index >= 15 is 0 Å². The van der Waals surface area contributed by atoms with Gasteiger partial charge in [0.2, 0.25) is 0 Å². The molecule has 0 amide bonds. The molecule has 0 aliphatic heterocycles. The summed E-state index contributed by atoms with van der Waals surface area (Å²) in [5.74, 6) is 0.739. The lowest BCUT2D eigenvalue weighted by molar-refractivity contribution is 0.101. The minimum absolute atomic E-state index is 0.0295. The van der Waals surface area contributed by atoms with Crippen molar-refractivity contribution >= 4 is 29.7 Å². The third-order valence-corrected chi connectivity index (χ3v) is 9.03. The van der Waals surface area contributed by atoms with Crippen LogP contribution in [0.25, 0.3) is 0 Å².